The van der Waals surface area contributed by atoms with E-state index < -0.39 is 18.9 Å². The van der Waals surface area contributed by atoms with E-state index in [1.54, 1.807) is 63.2 Å². The summed E-state index contributed by atoms with van der Waals surface area (Å²) in [6.45, 7) is 4.52. The van der Waals surface area contributed by atoms with Crippen molar-refractivity contribution in [2.75, 3.05) is 13.9 Å². The smallest absolute Gasteiger partial charge is 0.497 e. The number of nitrogens with zero attached hydrogens (tertiary/aromatic N) is 1. The van der Waals surface area contributed by atoms with Gasteiger partial charge in [0.25, 0.3) is 5.91 Å². The van der Waals surface area contributed by atoms with Gasteiger partial charge in [0.05, 0.1) is 25.2 Å². The second kappa shape index (κ2) is 10.4. The summed E-state index contributed by atoms with van der Waals surface area (Å²) < 4.78 is 21.4. The Morgan fingerprint density at radius 2 is 1.73 bits per heavy atom. The summed E-state index contributed by atoms with van der Waals surface area (Å²) in [7, 11) is 1.53. The van der Waals surface area contributed by atoms with Gasteiger partial charge in [-0.2, -0.15) is 0 Å². The van der Waals surface area contributed by atoms with E-state index in [0.717, 1.165) is 0 Å². The molecular weight excluding hydrogens is 450 g/mol. The Hall–Kier alpha value is -3.52. The van der Waals surface area contributed by atoms with Gasteiger partial charge in [0, 0.05) is 21.7 Å². The molecule has 174 valence electrons. The van der Waals surface area contributed by atoms with Crippen LogP contribution in [0.25, 0.3) is 10.9 Å². The Balaban J connectivity index is 1.89. The van der Waals surface area contributed by atoms with E-state index in [0.29, 0.717) is 38.5 Å². The number of aromatic nitrogens is 1. The number of rotatable bonds is 7. The standard InChI is InChI=1S/C24H24ClNO7/c1-14(2)33-24(29)32-13-31-22(27)12-19-15(3)26(21-10-9-18(30-4)11-20(19)21)23(28)16-5-7-17(25)8-6-16/h5-11,14H,12-13H2,1-4H3. The van der Waals surface area contributed by atoms with Crippen LogP contribution in [-0.2, 0) is 25.4 Å². The molecule has 0 radical (unpaired) electrons. The zero-order valence-electron chi connectivity index (χ0n) is 18.7. The zero-order valence-corrected chi connectivity index (χ0v) is 19.5. The van der Waals surface area contributed by atoms with Gasteiger partial charge in [0.2, 0.25) is 6.79 Å². The Morgan fingerprint density at radius 1 is 1.03 bits per heavy atom. The first kappa shape index (κ1) is 24.1. The van der Waals surface area contributed by atoms with Crippen LogP contribution in [0.3, 0.4) is 0 Å². The molecular formula is C24H24ClNO7. The van der Waals surface area contributed by atoms with E-state index in [2.05, 4.69) is 0 Å². The van der Waals surface area contributed by atoms with Crippen LogP contribution in [0.15, 0.2) is 42.5 Å². The number of hydrogen-bond donors (Lipinski definition) is 0. The monoisotopic (exact) mass is 473 g/mol. The normalized spacial score (nSPS) is 10.8. The highest BCUT2D eigenvalue weighted by molar-refractivity contribution is 6.30. The Bertz CT molecular complexity index is 1180. The molecule has 0 spiro atoms. The van der Waals surface area contributed by atoms with Crippen LogP contribution >= 0.6 is 11.6 Å². The molecule has 3 aromatic rings. The van der Waals surface area contributed by atoms with Crippen LogP contribution in [0.4, 0.5) is 4.79 Å². The molecule has 0 aliphatic rings. The van der Waals surface area contributed by atoms with Crippen molar-refractivity contribution >= 4 is 40.5 Å². The van der Waals surface area contributed by atoms with Crippen molar-refractivity contribution in [1.29, 1.82) is 0 Å². The van der Waals surface area contributed by atoms with Crippen molar-refractivity contribution in [3.05, 3.63) is 64.3 Å². The summed E-state index contributed by atoms with van der Waals surface area (Å²) in [5.74, 6) is -0.317. The highest BCUT2D eigenvalue weighted by atomic mass is 35.5. The first-order valence-electron chi connectivity index (χ1n) is 10.2. The van der Waals surface area contributed by atoms with Gasteiger partial charge in [-0.15, -0.1) is 0 Å². The molecule has 0 amide bonds. The van der Waals surface area contributed by atoms with Gasteiger partial charge >= 0.3 is 12.1 Å². The Kier molecular flexibility index (Phi) is 7.60. The summed E-state index contributed by atoms with van der Waals surface area (Å²) in [5, 5.41) is 1.19. The van der Waals surface area contributed by atoms with Gasteiger partial charge < -0.3 is 18.9 Å². The number of benzene rings is 2. The molecule has 1 aromatic heterocycles. The van der Waals surface area contributed by atoms with E-state index in [4.69, 9.17) is 30.5 Å². The molecule has 1 heterocycles. The maximum absolute atomic E-state index is 13.3. The number of carbonyl (C=O) groups is 3. The Morgan fingerprint density at radius 3 is 2.36 bits per heavy atom. The molecule has 0 aliphatic heterocycles. The van der Waals surface area contributed by atoms with Gasteiger partial charge in [-0.25, -0.2) is 4.79 Å². The highest BCUT2D eigenvalue weighted by Gasteiger charge is 2.22. The average Bonchev–Trinajstić information content (AvgIpc) is 3.03. The minimum absolute atomic E-state index is 0.140. The third kappa shape index (κ3) is 5.64. The maximum Gasteiger partial charge on any atom is 0.511 e. The molecule has 33 heavy (non-hydrogen) atoms. The second-order valence-electron chi connectivity index (χ2n) is 7.47. The van der Waals surface area contributed by atoms with Crippen LogP contribution in [-0.4, -0.2) is 42.6 Å². The number of esters is 1. The topological polar surface area (TPSA) is 93.1 Å². The largest absolute Gasteiger partial charge is 0.511 e. The van der Waals surface area contributed by atoms with Crippen LogP contribution in [0.1, 0.15) is 35.5 Å². The van der Waals surface area contributed by atoms with Gasteiger partial charge in [-0.1, -0.05) is 11.6 Å². The lowest BCUT2D eigenvalue weighted by atomic mass is 10.1. The van der Waals surface area contributed by atoms with Crippen molar-refractivity contribution in [3.8, 4) is 5.75 Å². The number of halogens is 1. The number of carbonyl (C=O) groups excluding carboxylic acids is 3. The number of hydrogen-bond acceptors (Lipinski definition) is 7. The molecule has 0 atom stereocenters. The predicted molar refractivity (Wildman–Crippen MR) is 122 cm³/mol. The van der Waals surface area contributed by atoms with Gasteiger partial charge in [-0.3, -0.25) is 14.2 Å². The van der Waals surface area contributed by atoms with Crippen LogP contribution in [0.2, 0.25) is 5.02 Å². The summed E-state index contributed by atoms with van der Waals surface area (Å²) in [6, 6.07) is 11.8. The fourth-order valence-electron chi connectivity index (χ4n) is 3.36. The van der Waals surface area contributed by atoms with Crippen molar-refractivity contribution in [3.63, 3.8) is 0 Å². The average molecular weight is 474 g/mol. The van der Waals surface area contributed by atoms with Gasteiger partial charge in [0.1, 0.15) is 5.75 Å². The van der Waals surface area contributed by atoms with Crippen LogP contribution < -0.4 is 4.74 Å². The fourth-order valence-corrected chi connectivity index (χ4v) is 3.49. The molecule has 0 aliphatic carbocycles. The molecule has 3 rings (SSSR count). The highest BCUT2D eigenvalue weighted by Crippen LogP contribution is 2.31. The summed E-state index contributed by atoms with van der Waals surface area (Å²) in [6.07, 6.45) is -1.42. The van der Waals surface area contributed by atoms with Gasteiger partial charge in [-0.05, 0) is 68.8 Å². The quantitative estimate of drug-likeness (QED) is 0.355. The number of ether oxygens (including phenoxy) is 4. The fraction of sp³-hybridized carbons (Fsp3) is 0.292. The van der Waals surface area contributed by atoms with E-state index in [1.807, 2.05) is 0 Å². The third-order valence-corrected chi connectivity index (χ3v) is 5.14. The van der Waals surface area contributed by atoms with E-state index >= 15 is 0 Å². The van der Waals surface area contributed by atoms with Crippen LogP contribution in [0, 0.1) is 6.92 Å². The molecule has 2 aromatic carbocycles. The van der Waals surface area contributed by atoms with Gasteiger partial charge in [0.15, 0.2) is 0 Å². The SMILES string of the molecule is COc1ccc2c(c1)c(CC(=O)OCOC(=O)OC(C)C)c(C)n2C(=O)c1ccc(Cl)cc1. The van der Waals surface area contributed by atoms with Crippen molar-refractivity contribution < 1.29 is 33.3 Å². The summed E-state index contributed by atoms with van der Waals surface area (Å²) >= 11 is 5.95. The van der Waals surface area contributed by atoms with Crippen molar-refractivity contribution in [2.45, 2.75) is 33.3 Å². The van der Waals surface area contributed by atoms with Crippen LogP contribution in [0.5, 0.6) is 5.75 Å². The Labute approximate surface area is 195 Å². The van der Waals surface area contributed by atoms with Crippen molar-refractivity contribution in [2.24, 2.45) is 0 Å². The first-order valence-corrected chi connectivity index (χ1v) is 10.6. The molecule has 8 nitrogen and oxygen atoms in total. The van der Waals surface area contributed by atoms with E-state index in [1.165, 1.54) is 11.7 Å². The maximum atomic E-state index is 13.3. The lowest BCUT2D eigenvalue weighted by Gasteiger charge is -2.09. The lowest BCUT2D eigenvalue weighted by Crippen LogP contribution is -2.18. The first-order chi connectivity index (χ1) is 15.7. The lowest BCUT2D eigenvalue weighted by molar-refractivity contribution is -0.152. The van der Waals surface area contributed by atoms with E-state index in [-0.39, 0.29) is 18.4 Å². The minimum Gasteiger partial charge on any atom is -0.497 e. The molecule has 0 fully saturated rings. The molecule has 9 heteroatoms. The molecule has 0 unspecified atom stereocenters. The third-order valence-electron chi connectivity index (χ3n) is 4.89. The van der Waals surface area contributed by atoms with Crippen molar-refractivity contribution in [1.82, 2.24) is 4.57 Å². The number of fused-ring (bicyclic) bond motifs is 1. The zero-order chi connectivity index (χ0) is 24.1. The van der Waals surface area contributed by atoms with E-state index in [9.17, 15) is 14.4 Å². The molecule has 0 bridgehead atoms. The molecule has 0 N–H and O–H groups in total. The second-order valence-corrected chi connectivity index (χ2v) is 7.90. The minimum atomic E-state index is -0.927. The molecule has 0 saturated carbocycles. The molecule has 0 saturated heterocycles. The summed E-state index contributed by atoms with van der Waals surface area (Å²) in [4.78, 5) is 37.2. The predicted octanol–water partition coefficient (Wildman–Crippen LogP) is 4.91. The summed E-state index contributed by atoms with van der Waals surface area (Å²) in [5.41, 5.74) is 2.24. The number of methoxy groups -OCH3 is 1.